The third kappa shape index (κ3) is 3.35. The van der Waals surface area contributed by atoms with Crippen molar-refractivity contribution >= 4 is 16.9 Å². The molecule has 1 N–H and O–H groups in total. The van der Waals surface area contributed by atoms with Gasteiger partial charge >= 0.3 is 0 Å². The molecule has 0 aliphatic carbocycles. The highest BCUT2D eigenvalue weighted by atomic mass is 16.5. The number of fused-ring (bicyclic) bond motifs is 3. The number of aromatic nitrogens is 2. The zero-order valence-electron chi connectivity index (χ0n) is 15.6. The summed E-state index contributed by atoms with van der Waals surface area (Å²) in [5.74, 6) is 2.43. The van der Waals surface area contributed by atoms with Crippen LogP contribution < -0.4 is 14.8 Å². The average Bonchev–Trinajstić information content (AvgIpc) is 3.09. The van der Waals surface area contributed by atoms with Crippen LogP contribution in [0, 0.1) is 5.92 Å². The van der Waals surface area contributed by atoms with Gasteiger partial charge < -0.3 is 19.4 Å². The molecule has 0 fully saturated rings. The van der Waals surface area contributed by atoms with E-state index in [0.717, 1.165) is 41.1 Å². The highest BCUT2D eigenvalue weighted by Crippen LogP contribution is 2.27. The van der Waals surface area contributed by atoms with Gasteiger partial charge in [-0.1, -0.05) is 12.1 Å². The quantitative estimate of drug-likeness (QED) is 0.755. The lowest BCUT2D eigenvalue weighted by Gasteiger charge is -2.23. The van der Waals surface area contributed by atoms with E-state index in [4.69, 9.17) is 14.5 Å². The normalized spacial score (nSPS) is 16.0. The van der Waals surface area contributed by atoms with Crippen LogP contribution in [0.25, 0.3) is 11.0 Å². The van der Waals surface area contributed by atoms with Crippen LogP contribution in [-0.4, -0.2) is 29.7 Å². The van der Waals surface area contributed by atoms with E-state index < -0.39 is 0 Å². The molecule has 6 nitrogen and oxygen atoms in total. The lowest BCUT2D eigenvalue weighted by atomic mass is 9.96. The Morgan fingerprint density at radius 2 is 2.07 bits per heavy atom. The van der Waals surface area contributed by atoms with Crippen LogP contribution in [-0.2, 0) is 24.3 Å². The number of para-hydroxylation sites is 2. The van der Waals surface area contributed by atoms with Gasteiger partial charge in [-0.3, -0.25) is 4.79 Å². The highest BCUT2D eigenvalue weighted by Gasteiger charge is 2.27. The Labute approximate surface area is 158 Å². The Morgan fingerprint density at radius 3 is 2.89 bits per heavy atom. The molecule has 0 spiro atoms. The van der Waals surface area contributed by atoms with Crippen LogP contribution in [0.3, 0.4) is 0 Å². The first-order chi connectivity index (χ1) is 13.2. The molecule has 4 rings (SSSR count). The zero-order valence-corrected chi connectivity index (χ0v) is 15.6. The second-order valence-corrected chi connectivity index (χ2v) is 6.75. The number of benzene rings is 2. The van der Waals surface area contributed by atoms with Crippen molar-refractivity contribution in [2.45, 2.75) is 25.9 Å². The van der Waals surface area contributed by atoms with Gasteiger partial charge in [-0.15, -0.1) is 0 Å². The second-order valence-electron chi connectivity index (χ2n) is 6.75. The number of aryl methyl sites for hydroxylation is 1. The second kappa shape index (κ2) is 7.31. The Hall–Kier alpha value is -3.02. The molecule has 3 aromatic rings. The molecule has 27 heavy (non-hydrogen) atoms. The Balaban J connectivity index is 1.44. The number of hydrogen-bond donors (Lipinski definition) is 1. The van der Waals surface area contributed by atoms with Crippen molar-refractivity contribution in [2.24, 2.45) is 5.92 Å². The van der Waals surface area contributed by atoms with Gasteiger partial charge in [0, 0.05) is 37.1 Å². The van der Waals surface area contributed by atoms with E-state index in [9.17, 15) is 4.79 Å². The number of amides is 1. The summed E-state index contributed by atoms with van der Waals surface area (Å²) in [6.07, 6.45) is 1.49. The van der Waals surface area contributed by atoms with E-state index in [2.05, 4.69) is 16.0 Å². The standard InChI is InChI=1S/C21H23N3O3/c1-26-16-8-7-15(19(12-16)27-2)13-22-21(25)14-9-10-24-18-6-4-3-5-17(18)23-20(24)11-14/h3-8,12,14H,9-11,13H2,1-2H3,(H,22,25)/t14-/m0/s1. The minimum atomic E-state index is -0.0569. The highest BCUT2D eigenvalue weighted by molar-refractivity contribution is 5.80. The smallest absolute Gasteiger partial charge is 0.223 e. The summed E-state index contributed by atoms with van der Waals surface area (Å²) in [5.41, 5.74) is 3.07. The van der Waals surface area contributed by atoms with E-state index >= 15 is 0 Å². The summed E-state index contributed by atoms with van der Waals surface area (Å²) in [6, 6.07) is 13.7. The third-order valence-corrected chi connectivity index (χ3v) is 5.18. The molecule has 0 saturated heterocycles. The molecule has 1 aliphatic heterocycles. The van der Waals surface area contributed by atoms with Crippen LogP contribution in [0.1, 0.15) is 17.8 Å². The maximum Gasteiger partial charge on any atom is 0.223 e. The molecule has 1 aliphatic rings. The molecule has 140 valence electrons. The predicted octanol–water partition coefficient (Wildman–Crippen LogP) is 2.93. The molecule has 6 heteroatoms. The van der Waals surface area contributed by atoms with Crippen molar-refractivity contribution in [2.75, 3.05) is 14.2 Å². The first-order valence-electron chi connectivity index (χ1n) is 9.12. The van der Waals surface area contributed by atoms with Crippen LogP contribution in [0.2, 0.25) is 0 Å². The van der Waals surface area contributed by atoms with Gasteiger partial charge in [0.1, 0.15) is 17.3 Å². The van der Waals surface area contributed by atoms with E-state index in [1.54, 1.807) is 14.2 Å². The predicted molar refractivity (Wildman–Crippen MR) is 103 cm³/mol. The maximum atomic E-state index is 12.7. The van der Waals surface area contributed by atoms with Gasteiger partial charge in [-0.2, -0.15) is 0 Å². The van der Waals surface area contributed by atoms with Crippen molar-refractivity contribution in [3.63, 3.8) is 0 Å². The Bertz CT molecular complexity index is 980. The molecule has 1 aromatic heterocycles. The zero-order chi connectivity index (χ0) is 18.8. The van der Waals surface area contributed by atoms with E-state index in [1.807, 2.05) is 36.4 Å². The monoisotopic (exact) mass is 365 g/mol. The summed E-state index contributed by atoms with van der Waals surface area (Å²) in [6.45, 7) is 1.25. The topological polar surface area (TPSA) is 65.4 Å². The molecule has 0 saturated carbocycles. The van der Waals surface area contributed by atoms with Gasteiger partial charge in [0.2, 0.25) is 5.91 Å². The lowest BCUT2D eigenvalue weighted by molar-refractivity contribution is -0.125. The molecule has 2 aromatic carbocycles. The molecule has 1 amide bonds. The summed E-state index contributed by atoms with van der Waals surface area (Å²) >= 11 is 0. The summed E-state index contributed by atoms with van der Waals surface area (Å²) in [7, 11) is 3.23. The van der Waals surface area contributed by atoms with Crippen LogP contribution in [0.5, 0.6) is 11.5 Å². The number of carbonyl (C=O) groups is 1. The largest absolute Gasteiger partial charge is 0.497 e. The number of methoxy groups -OCH3 is 2. The van der Waals surface area contributed by atoms with Crippen LogP contribution in [0.4, 0.5) is 0 Å². The third-order valence-electron chi connectivity index (χ3n) is 5.18. The number of imidazole rings is 1. The van der Waals surface area contributed by atoms with Gasteiger partial charge in [-0.05, 0) is 30.7 Å². The number of nitrogens with zero attached hydrogens (tertiary/aromatic N) is 2. The number of ether oxygens (including phenoxy) is 2. The SMILES string of the molecule is COc1ccc(CNC(=O)[C@H]2CCn3c(nc4ccccc43)C2)c(OC)c1. The van der Waals surface area contributed by atoms with Gasteiger partial charge in [-0.25, -0.2) is 4.98 Å². The molecular weight excluding hydrogens is 342 g/mol. The minimum Gasteiger partial charge on any atom is -0.497 e. The van der Waals surface area contributed by atoms with Crippen molar-refractivity contribution in [3.8, 4) is 11.5 Å². The summed E-state index contributed by atoms with van der Waals surface area (Å²) < 4.78 is 12.8. The molecule has 0 bridgehead atoms. The van der Waals surface area contributed by atoms with Gasteiger partial charge in [0.05, 0.1) is 25.3 Å². The van der Waals surface area contributed by atoms with Crippen molar-refractivity contribution in [1.82, 2.24) is 14.9 Å². The van der Waals surface area contributed by atoms with Crippen LogP contribution in [0.15, 0.2) is 42.5 Å². The van der Waals surface area contributed by atoms with Crippen molar-refractivity contribution < 1.29 is 14.3 Å². The first-order valence-corrected chi connectivity index (χ1v) is 9.12. The molecule has 2 heterocycles. The van der Waals surface area contributed by atoms with Crippen molar-refractivity contribution in [1.29, 1.82) is 0 Å². The first kappa shape index (κ1) is 17.4. The maximum absolute atomic E-state index is 12.7. The Kier molecular flexibility index (Phi) is 4.71. The van der Waals surface area contributed by atoms with E-state index in [-0.39, 0.29) is 11.8 Å². The average molecular weight is 365 g/mol. The van der Waals surface area contributed by atoms with Gasteiger partial charge in [0.15, 0.2) is 0 Å². The summed E-state index contributed by atoms with van der Waals surface area (Å²) in [4.78, 5) is 17.4. The van der Waals surface area contributed by atoms with E-state index in [1.165, 1.54) is 0 Å². The lowest BCUT2D eigenvalue weighted by Crippen LogP contribution is -2.35. The molecular formula is C21H23N3O3. The van der Waals surface area contributed by atoms with Crippen molar-refractivity contribution in [3.05, 3.63) is 53.9 Å². The number of nitrogens with one attached hydrogen (secondary N) is 1. The number of carbonyl (C=O) groups excluding carboxylic acids is 1. The van der Waals surface area contributed by atoms with Gasteiger partial charge in [0.25, 0.3) is 0 Å². The Morgan fingerprint density at radius 1 is 1.22 bits per heavy atom. The van der Waals surface area contributed by atoms with E-state index in [0.29, 0.717) is 18.7 Å². The number of rotatable bonds is 5. The molecule has 1 atom stereocenters. The minimum absolute atomic E-state index is 0.0569. The van der Waals surface area contributed by atoms with Crippen LogP contribution >= 0.6 is 0 Å². The fourth-order valence-corrected chi connectivity index (χ4v) is 3.69. The molecule has 0 unspecified atom stereocenters. The fourth-order valence-electron chi connectivity index (χ4n) is 3.69. The molecule has 0 radical (unpaired) electrons. The summed E-state index contributed by atoms with van der Waals surface area (Å²) in [5, 5.41) is 3.05. The number of hydrogen-bond acceptors (Lipinski definition) is 4. The fraction of sp³-hybridized carbons (Fsp3) is 0.333.